The highest BCUT2D eigenvalue weighted by molar-refractivity contribution is 5.73. The molecule has 3 aromatic rings. The SMILES string of the molecule is CC(=O)N1CC[C@H](Cc2nc(-c3cncc(C(O)(c4ccc(C(C)C)cc4)C4(C)CN(C)C4)c3)no2)C1. The summed E-state index contributed by atoms with van der Waals surface area (Å²) in [6.07, 6.45) is 5.03. The van der Waals surface area contributed by atoms with Crippen LogP contribution in [0.2, 0.25) is 0 Å². The van der Waals surface area contributed by atoms with Crippen molar-refractivity contribution in [2.24, 2.45) is 11.3 Å². The molecule has 37 heavy (non-hydrogen) atoms. The lowest BCUT2D eigenvalue weighted by Crippen LogP contribution is -2.63. The Hall–Kier alpha value is -3.10. The second-order valence-corrected chi connectivity index (χ2v) is 11.5. The Labute approximate surface area is 218 Å². The largest absolute Gasteiger partial charge is 0.380 e. The van der Waals surface area contributed by atoms with E-state index in [0.717, 1.165) is 43.7 Å². The number of aromatic nitrogens is 3. The Morgan fingerprint density at radius 1 is 1.22 bits per heavy atom. The average molecular weight is 504 g/mol. The number of hydrogen-bond donors (Lipinski definition) is 1. The Kier molecular flexibility index (Phi) is 6.66. The molecule has 2 saturated heterocycles. The molecule has 1 N–H and O–H groups in total. The summed E-state index contributed by atoms with van der Waals surface area (Å²) < 4.78 is 5.57. The van der Waals surface area contributed by atoms with Crippen molar-refractivity contribution in [3.05, 3.63) is 65.3 Å². The van der Waals surface area contributed by atoms with Gasteiger partial charge in [-0.1, -0.05) is 50.2 Å². The number of carbonyl (C=O) groups excluding carboxylic acids is 1. The quantitative estimate of drug-likeness (QED) is 0.523. The number of nitrogens with zero attached hydrogens (tertiary/aromatic N) is 5. The minimum Gasteiger partial charge on any atom is -0.380 e. The topological polar surface area (TPSA) is 95.6 Å². The molecule has 0 aliphatic carbocycles. The van der Waals surface area contributed by atoms with Gasteiger partial charge in [-0.15, -0.1) is 0 Å². The van der Waals surface area contributed by atoms with Crippen LogP contribution in [0.15, 0.2) is 47.2 Å². The van der Waals surface area contributed by atoms with Gasteiger partial charge in [0.2, 0.25) is 17.6 Å². The summed E-state index contributed by atoms with van der Waals surface area (Å²) in [7, 11) is 2.07. The first-order chi connectivity index (χ1) is 17.6. The molecule has 8 nitrogen and oxygen atoms in total. The molecule has 5 rings (SSSR count). The van der Waals surface area contributed by atoms with Crippen LogP contribution in [0.3, 0.4) is 0 Å². The minimum absolute atomic E-state index is 0.106. The number of carbonyl (C=O) groups is 1. The third kappa shape index (κ3) is 4.68. The number of amides is 1. The molecule has 1 amide bonds. The Bertz CT molecular complexity index is 1260. The first kappa shape index (κ1) is 25.5. The molecule has 4 heterocycles. The lowest BCUT2D eigenvalue weighted by atomic mass is 9.62. The van der Waals surface area contributed by atoms with Crippen LogP contribution in [-0.2, 0) is 16.8 Å². The molecular weight excluding hydrogens is 466 g/mol. The first-order valence-electron chi connectivity index (χ1n) is 13.1. The number of hydrogen-bond acceptors (Lipinski definition) is 7. The van der Waals surface area contributed by atoms with Gasteiger partial charge < -0.3 is 19.4 Å². The third-order valence-electron chi connectivity index (χ3n) is 8.18. The first-order valence-corrected chi connectivity index (χ1v) is 13.1. The highest BCUT2D eigenvalue weighted by atomic mass is 16.5. The monoisotopic (exact) mass is 503 g/mol. The maximum atomic E-state index is 12.5. The predicted octanol–water partition coefficient (Wildman–Crippen LogP) is 3.85. The van der Waals surface area contributed by atoms with E-state index in [1.807, 2.05) is 23.1 Å². The van der Waals surface area contributed by atoms with Crippen molar-refractivity contribution in [2.75, 3.05) is 33.2 Å². The summed E-state index contributed by atoms with van der Waals surface area (Å²) in [4.78, 5) is 24.9. The molecule has 1 aromatic carbocycles. The summed E-state index contributed by atoms with van der Waals surface area (Å²) in [6.45, 7) is 11.1. The van der Waals surface area contributed by atoms with Crippen molar-refractivity contribution in [2.45, 2.75) is 52.1 Å². The molecule has 0 spiro atoms. The van der Waals surface area contributed by atoms with Gasteiger partial charge >= 0.3 is 0 Å². The fourth-order valence-electron chi connectivity index (χ4n) is 6.09. The Balaban J connectivity index is 1.44. The van der Waals surface area contributed by atoms with Crippen LogP contribution in [0.25, 0.3) is 11.4 Å². The molecular formula is C29H37N5O3. The van der Waals surface area contributed by atoms with Crippen LogP contribution in [-0.4, -0.2) is 69.2 Å². The zero-order valence-electron chi connectivity index (χ0n) is 22.4. The van der Waals surface area contributed by atoms with E-state index in [1.165, 1.54) is 5.56 Å². The van der Waals surface area contributed by atoms with Crippen molar-refractivity contribution < 1.29 is 14.4 Å². The second kappa shape index (κ2) is 9.65. The highest BCUT2D eigenvalue weighted by Gasteiger charge is 2.55. The molecule has 2 fully saturated rings. The van der Waals surface area contributed by atoms with Gasteiger partial charge in [0.15, 0.2) is 0 Å². The summed E-state index contributed by atoms with van der Waals surface area (Å²) in [5.74, 6) is 1.85. The lowest BCUT2D eigenvalue weighted by molar-refractivity contribution is -0.127. The summed E-state index contributed by atoms with van der Waals surface area (Å²) in [6, 6.07) is 10.2. The fraction of sp³-hybridized carbons (Fsp3) is 0.517. The Morgan fingerprint density at radius 3 is 2.57 bits per heavy atom. The van der Waals surface area contributed by atoms with Crippen molar-refractivity contribution in [3.8, 4) is 11.4 Å². The van der Waals surface area contributed by atoms with E-state index in [4.69, 9.17) is 4.52 Å². The molecule has 2 aromatic heterocycles. The van der Waals surface area contributed by atoms with Gasteiger partial charge in [-0.25, -0.2) is 0 Å². The predicted molar refractivity (Wildman–Crippen MR) is 141 cm³/mol. The van der Waals surface area contributed by atoms with Crippen molar-refractivity contribution in [1.29, 1.82) is 0 Å². The van der Waals surface area contributed by atoms with Crippen LogP contribution in [0, 0.1) is 11.3 Å². The number of likely N-dealkylation sites (tertiary alicyclic amines) is 2. The zero-order chi connectivity index (χ0) is 26.4. The maximum absolute atomic E-state index is 12.5. The summed E-state index contributed by atoms with van der Waals surface area (Å²) in [5.41, 5.74) is 1.91. The smallest absolute Gasteiger partial charge is 0.227 e. The van der Waals surface area contributed by atoms with Gasteiger partial charge in [0.1, 0.15) is 5.60 Å². The van der Waals surface area contributed by atoms with Gasteiger partial charge in [0.05, 0.1) is 0 Å². The molecule has 196 valence electrons. The van der Waals surface area contributed by atoms with Gasteiger partial charge in [0.25, 0.3) is 0 Å². The number of pyridine rings is 1. The number of aliphatic hydroxyl groups is 1. The highest BCUT2D eigenvalue weighted by Crippen LogP contribution is 2.50. The van der Waals surface area contributed by atoms with E-state index in [0.29, 0.717) is 35.5 Å². The molecule has 2 aliphatic heterocycles. The second-order valence-electron chi connectivity index (χ2n) is 11.5. The van der Waals surface area contributed by atoms with Crippen molar-refractivity contribution >= 4 is 5.91 Å². The van der Waals surface area contributed by atoms with E-state index in [9.17, 15) is 9.90 Å². The zero-order valence-corrected chi connectivity index (χ0v) is 22.4. The molecule has 2 atom stereocenters. The average Bonchev–Trinajstić information content (AvgIpc) is 3.53. The summed E-state index contributed by atoms with van der Waals surface area (Å²) >= 11 is 0. The molecule has 2 aliphatic rings. The van der Waals surface area contributed by atoms with E-state index in [2.05, 4.69) is 60.0 Å². The summed E-state index contributed by atoms with van der Waals surface area (Å²) in [5, 5.41) is 16.7. The van der Waals surface area contributed by atoms with Gasteiger partial charge in [-0.2, -0.15) is 4.98 Å². The molecule has 0 bridgehead atoms. The molecule has 0 radical (unpaired) electrons. The number of rotatable bonds is 7. The third-order valence-corrected chi connectivity index (χ3v) is 8.18. The van der Waals surface area contributed by atoms with Crippen LogP contribution in [0.1, 0.15) is 62.6 Å². The van der Waals surface area contributed by atoms with E-state index < -0.39 is 5.60 Å². The maximum Gasteiger partial charge on any atom is 0.227 e. The molecule has 8 heteroatoms. The molecule has 0 saturated carbocycles. The Morgan fingerprint density at radius 2 is 1.95 bits per heavy atom. The van der Waals surface area contributed by atoms with Crippen molar-refractivity contribution in [3.63, 3.8) is 0 Å². The van der Waals surface area contributed by atoms with E-state index in [1.54, 1.807) is 19.3 Å². The number of benzene rings is 1. The normalized spacial score (nSPS) is 21.2. The standard InChI is InChI=1S/C29H37N5O3/c1-19(2)22-6-8-24(9-7-22)29(36,28(4)17-33(5)18-28)25-13-23(14-30-15-25)27-31-26(37-32-27)12-21-10-11-34(16-21)20(3)35/h6-9,13-15,19,21,36H,10-12,16-18H2,1-5H3/t21-,29?/m1/s1. The van der Waals surface area contributed by atoms with E-state index in [-0.39, 0.29) is 11.3 Å². The van der Waals surface area contributed by atoms with Crippen LogP contribution in [0.5, 0.6) is 0 Å². The van der Waals surface area contributed by atoms with Crippen LogP contribution < -0.4 is 0 Å². The molecule has 1 unspecified atom stereocenters. The van der Waals surface area contributed by atoms with Crippen LogP contribution in [0.4, 0.5) is 0 Å². The minimum atomic E-state index is -1.23. The van der Waals surface area contributed by atoms with Gasteiger partial charge in [-0.3, -0.25) is 9.78 Å². The lowest BCUT2D eigenvalue weighted by Gasteiger charge is -2.55. The fourth-order valence-corrected chi connectivity index (χ4v) is 6.09. The van der Waals surface area contributed by atoms with Crippen LogP contribution >= 0.6 is 0 Å². The van der Waals surface area contributed by atoms with Gasteiger partial charge in [0, 0.05) is 68.5 Å². The van der Waals surface area contributed by atoms with Crippen molar-refractivity contribution in [1.82, 2.24) is 24.9 Å². The van der Waals surface area contributed by atoms with E-state index >= 15 is 0 Å². The van der Waals surface area contributed by atoms with Gasteiger partial charge in [-0.05, 0) is 42.5 Å².